The quantitative estimate of drug-likeness (QED) is 0.515. The van der Waals surface area contributed by atoms with Gasteiger partial charge in [0.25, 0.3) is 0 Å². The second kappa shape index (κ2) is 5.72. The van der Waals surface area contributed by atoms with Gasteiger partial charge in [-0.2, -0.15) is 0 Å². The maximum Gasteiger partial charge on any atom is 0.332 e. The summed E-state index contributed by atoms with van der Waals surface area (Å²) < 4.78 is 4.71. The minimum absolute atomic E-state index is 0.189. The predicted octanol–water partition coefficient (Wildman–Crippen LogP) is 2.25. The molecule has 1 aromatic heterocycles. The van der Waals surface area contributed by atoms with Crippen LogP contribution in [0.2, 0.25) is 10.2 Å². The number of esters is 1. The van der Waals surface area contributed by atoms with Gasteiger partial charge in [0.15, 0.2) is 0 Å². The highest BCUT2D eigenvalue weighted by Crippen LogP contribution is 2.21. The number of hydrogen-bond acceptors (Lipinski definition) is 4. The first-order chi connectivity index (χ1) is 7.54. The molecule has 0 saturated heterocycles. The van der Waals surface area contributed by atoms with Crippen molar-refractivity contribution in [2.45, 2.75) is 6.92 Å². The second-order valence-corrected chi connectivity index (χ2v) is 3.61. The Morgan fingerprint density at radius 3 is 2.88 bits per heavy atom. The van der Waals surface area contributed by atoms with E-state index in [1.807, 2.05) is 0 Å². The monoisotopic (exact) mass is 260 g/mol. The van der Waals surface area contributed by atoms with E-state index in [4.69, 9.17) is 33.7 Å². The Morgan fingerprint density at radius 2 is 2.31 bits per heavy atom. The van der Waals surface area contributed by atoms with Crippen LogP contribution in [-0.4, -0.2) is 17.6 Å². The molecule has 0 amide bonds. The van der Waals surface area contributed by atoms with E-state index < -0.39 is 5.97 Å². The molecule has 0 radical (unpaired) electrons. The van der Waals surface area contributed by atoms with E-state index in [1.54, 1.807) is 6.92 Å². The van der Waals surface area contributed by atoms with Crippen LogP contribution in [-0.2, 0) is 9.53 Å². The minimum atomic E-state index is -0.508. The topological polar surface area (TPSA) is 65.2 Å². The maximum atomic E-state index is 11.1. The number of nitrogens with zero attached hydrogens (tertiary/aromatic N) is 1. The Hall–Kier alpha value is -1.26. The Kier molecular flexibility index (Phi) is 4.58. The van der Waals surface area contributed by atoms with E-state index in [1.165, 1.54) is 18.3 Å². The van der Waals surface area contributed by atoms with Crippen LogP contribution >= 0.6 is 23.2 Å². The molecule has 0 aliphatic rings. The van der Waals surface area contributed by atoms with Crippen LogP contribution in [0.25, 0.3) is 5.70 Å². The van der Waals surface area contributed by atoms with Crippen molar-refractivity contribution in [2.24, 2.45) is 5.73 Å². The van der Waals surface area contributed by atoms with Gasteiger partial charge in [0.2, 0.25) is 0 Å². The molecule has 1 aromatic rings. The van der Waals surface area contributed by atoms with E-state index in [9.17, 15) is 4.79 Å². The summed E-state index contributed by atoms with van der Waals surface area (Å²) in [6, 6.07) is 1.53. The Labute approximate surface area is 103 Å². The van der Waals surface area contributed by atoms with E-state index in [-0.39, 0.29) is 15.9 Å². The lowest BCUT2D eigenvalue weighted by atomic mass is 10.2. The summed E-state index contributed by atoms with van der Waals surface area (Å²) in [4.78, 5) is 14.9. The van der Waals surface area contributed by atoms with Crippen LogP contribution in [0.4, 0.5) is 0 Å². The number of pyridine rings is 1. The van der Waals surface area contributed by atoms with Crippen molar-refractivity contribution in [1.29, 1.82) is 0 Å². The molecule has 86 valence electrons. The molecule has 4 nitrogen and oxygen atoms in total. The van der Waals surface area contributed by atoms with Crippen molar-refractivity contribution in [1.82, 2.24) is 4.98 Å². The molecule has 0 unspecified atom stereocenters. The fraction of sp³-hybridized carbons (Fsp3) is 0.200. The minimum Gasteiger partial charge on any atom is -0.463 e. The van der Waals surface area contributed by atoms with Crippen LogP contribution in [0.3, 0.4) is 0 Å². The molecule has 0 bridgehead atoms. The van der Waals surface area contributed by atoms with Gasteiger partial charge in [-0.15, -0.1) is 0 Å². The van der Waals surface area contributed by atoms with E-state index in [0.29, 0.717) is 12.2 Å². The molecule has 1 heterocycles. The van der Waals surface area contributed by atoms with Gasteiger partial charge in [-0.3, -0.25) is 0 Å². The Balaban J connectivity index is 2.91. The number of nitrogens with two attached hydrogens (primary N) is 1. The van der Waals surface area contributed by atoms with Crippen LogP contribution in [0.1, 0.15) is 12.5 Å². The molecule has 2 N–H and O–H groups in total. The Bertz CT molecular complexity index is 433. The van der Waals surface area contributed by atoms with Gasteiger partial charge in [-0.25, -0.2) is 9.78 Å². The molecular weight excluding hydrogens is 251 g/mol. The number of carbonyl (C=O) groups is 1. The average molecular weight is 261 g/mol. The summed E-state index contributed by atoms with van der Waals surface area (Å²) in [6.45, 7) is 2.00. The van der Waals surface area contributed by atoms with Crippen LogP contribution in [0.5, 0.6) is 0 Å². The number of halogens is 2. The molecule has 0 spiro atoms. The van der Waals surface area contributed by atoms with Crippen molar-refractivity contribution in [3.63, 3.8) is 0 Å². The average Bonchev–Trinajstić information content (AvgIpc) is 2.22. The van der Waals surface area contributed by atoms with E-state index >= 15 is 0 Å². The molecule has 0 aliphatic heterocycles. The van der Waals surface area contributed by atoms with Crippen LogP contribution in [0.15, 0.2) is 18.3 Å². The number of aromatic nitrogens is 1. The molecule has 0 fully saturated rings. The fourth-order valence-corrected chi connectivity index (χ4v) is 1.24. The fourth-order valence-electron chi connectivity index (χ4n) is 0.973. The van der Waals surface area contributed by atoms with Gasteiger partial charge < -0.3 is 10.5 Å². The van der Waals surface area contributed by atoms with Crippen LogP contribution in [0, 0.1) is 0 Å². The molecule has 0 aliphatic carbocycles. The SMILES string of the molecule is CCOC(=O)/C=C(\N)c1cnc(Cl)c(Cl)c1. The van der Waals surface area contributed by atoms with Gasteiger partial charge in [0.1, 0.15) is 5.15 Å². The molecule has 0 atom stereocenters. The molecule has 0 aromatic carbocycles. The number of hydrogen-bond donors (Lipinski definition) is 1. The summed E-state index contributed by atoms with van der Waals surface area (Å²) in [5.74, 6) is -0.508. The zero-order valence-electron chi connectivity index (χ0n) is 8.54. The molecule has 16 heavy (non-hydrogen) atoms. The molecule has 1 rings (SSSR count). The zero-order chi connectivity index (χ0) is 12.1. The van der Waals surface area contributed by atoms with Crippen molar-refractivity contribution in [3.8, 4) is 0 Å². The highest BCUT2D eigenvalue weighted by Gasteiger charge is 2.05. The summed E-state index contributed by atoms with van der Waals surface area (Å²) in [6.07, 6.45) is 2.60. The third kappa shape index (κ3) is 3.40. The lowest BCUT2D eigenvalue weighted by Gasteiger charge is -2.03. The van der Waals surface area contributed by atoms with E-state index in [0.717, 1.165) is 0 Å². The van der Waals surface area contributed by atoms with Crippen molar-refractivity contribution < 1.29 is 9.53 Å². The van der Waals surface area contributed by atoms with Gasteiger partial charge in [-0.1, -0.05) is 23.2 Å². The number of ether oxygens (including phenoxy) is 1. The molecule has 0 saturated carbocycles. The van der Waals surface area contributed by atoms with Gasteiger partial charge in [0, 0.05) is 23.5 Å². The lowest BCUT2D eigenvalue weighted by Crippen LogP contribution is -2.05. The third-order valence-electron chi connectivity index (χ3n) is 1.69. The third-order valence-corrected chi connectivity index (χ3v) is 2.38. The largest absolute Gasteiger partial charge is 0.463 e. The lowest BCUT2D eigenvalue weighted by molar-refractivity contribution is -0.137. The zero-order valence-corrected chi connectivity index (χ0v) is 10.0. The standard InChI is InChI=1S/C10H10Cl2N2O2/c1-2-16-9(15)4-8(13)6-3-7(11)10(12)14-5-6/h3-5H,2,13H2,1H3/b8-4-. The first-order valence-corrected chi connectivity index (χ1v) is 5.25. The predicted molar refractivity (Wildman–Crippen MR) is 63.1 cm³/mol. The Morgan fingerprint density at radius 1 is 1.62 bits per heavy atom. The summed E-state index contributed by atoms with van der Waals surface area (Å²) in [5, 5.41) is 0.466. The summed E-state index contributed by atoms with van der Waals surface area (Å²) in [5.41, 5.74) is 6.41. The highest BCUT2D eigenvalue weighted by molar-refractivity contribution is 6.41. The highest BCUT2D eigenvalue weighted by atomic mass is 35.5. The van der Waals surface area contributed by atoms with Crippen molar-refractivity contribution in [2.75, 3.05) is 6.61 Å². The van der Waals surface area contributed by atoms with Gasteiger partial charge >= 0.3 is 5.97 Å². The maximum absolute atomic E-state index is 11.1. The van der Waals surface area contributed by atoms with E-state index in [2.05, 4.69) is 4.98 Å². The first kappa shape index (κ1) is 12.8. The van der Waals surface area contributed by atoms with Crippen molar-refractivity contribution in [3.05, 3.63) is 34.1 Å². The second-order valence-electron chi connectivity index (χ2n) is 2.85. The molecular formula is C10H10Cl2N2O2. The molecule has 6 heteroatoms. The smallest absolute Gasteiger partial charge is 0.332 e. The van der Waals surface area contributed by atoms with Crippen molar-refractivity contribution >= 4 is 34.9 Å². The first-order valence-electron chi connectivity index (χ1n) is 4.50. The summed E-state index contributed by atoms with van der Waals surface area (Å²) >= 11 is 11.4. The number of carbonyl (C=O) groups excluding carboxylic acids is 1. The normalized spacial score (nSPS) is 11.3. The van der Waals surface area contributed by atoms with Gasteiger partial charge in [-0.05, 0) is 13.0 Å². The summed E-state index contributed by atoms with van der Waals surface area (Å²) in [7, 11) is 0. The number of rotatable bonds is 3. The van der Waals surface area contributed by atoms with Crippen LogP contribution < -0.4 is 5.73 Å². The van der Waals surface area contributed by atoms with Gasteiger partial charge in [0.05, 0.1) is 11.6 Å².